The molecule has 0 unspecified atom stereocenters. The lowest BCUT2D eigenvalue weighted by Gasteiger charge is -2.40. The van der Waals surface area contributed by atoms with Crippen molar-refractivity contribution in [3.63, 3.8) is 0 Å². The molecule has 1 saturated carbocycles. The molecule has 0 atom stereocenters. The van der Waals surface area contributed by atoms with Gasteiger partial charge in [-0.25, -0.2) is 14.5 Å². The van der Waals surface area contributed by atoms with Gasteiger partial charge in [0.15, 0.2) is 0 Å². The maximum Gasteiger partial charge on any atom is 0.329 e. The summed E-state index contributed by atoms with van der Waals surface area (Å²) in [4.78, 5) is 29.9. The van der Waals surface area contributed by atoms with E-state index in [1.165, 1.54) is 23.0 Å². The van der Waals surface area contributed by atoms with E-state index in [0.29, 0.717) is 12.8 Å². The number of carbonyl (C=O) groups excluding carboxylic acids is 1. The van der Waals surface area contributed by atoms with Crippen LogP contribution >= 0.6 is 0 Å². The van der Waals surface area contributed by atoms with Crippen molar-refractivity contribution in [3.8, 4) is 5.69 Å². The number of aliphatic carboxylic acids is 1. The van der Waals surface area contributed by atoms with Crippen molar-refractivity contribution in [2.24, 2.45) is 0 Å². The first-order valence-electron chi connectivity index (χ1n) is 8.03. The Balaban J connectivity index is 1.86. The van der Waals surface area contributed by atoms with Gasteiger partial charge in [-0.05, 0) is 25.0 Å². The Hall–Kier alpha value is -2.70. The second-order valence-corrected chi connectivity index (χ2v) is 6.11. The molecule has 1 aromatic carbocycles. The fourth-order valence-corrected chi connectivity index (χ4v) is 3.24. The van der Waals surface area contributed by atoms with Crippen LogP contribution in [0.1, 0.15) is 42.7 Å². The average molecular weight is 328 g/mol. The predicted octanol–water partition coefficient (Wildman–Crippen LogP) is 2.13. The fourth-order valence-electron chi connectivity index (χ4n) is 3.24. The quantitative estimate of drug-likeness (QED) is 0.929. The molecular formula is C17H20N4O3. The lowest BCUT2D eigenvalue weighted by atomic mass is 9.80. The largest absolute Gasteiger partial charge is 0.479 e. The van der Waals surface area contributed by atoms with Gasteiger partial charge in [-0.2, -0.15) is 0 Å². The van der Waals surface area contributed by atoms with E-state index in [-0.39, 0.29) is 5.82 Å². The van der Waals surface area contributed by atoms with Crippen molar-refractivity contribution < 1.29 is 14.7 Å². The Bertz CT molecular complexity index is 735. The minimum atomic E-state index is -1.16. The predicted molar refractivity (Wildman–Crippen MR) is 86.9 cm³/mol. The van der Waals surface area contributed by atoms with Gasteiger partial charge < -0.3 is 10.0 Å². The zero-order chi connectivity index (χ0) is 17.2. The van der Waals surface area contributed by atoms with Crippen molar-refractivity contribution in [3.05, 3.63) is 42.5 Å². The monoisotopic (exact) mass is 328 g/mol. The maximum atomic E-state index is 12.7. The van der Waals surface area contributed by atoms with Crippen LogP contribution < -0.4 is 0 Å². The summed E-state index contributed by atoms with van der Waals surface area (Å²) in [5.41, 5.74) is -0.370. The number of aromatic nitrogens is 3. The SMILES string of the molecule is CN(C(=O)c1ncn(-c2ccccc2)n1)C1(C(=O)O)CCCCC1. The molecule has 1 aliphatic rings. The van der Waals surface area contributed by atoms with E-state index in [0.717, 1.165) is 24.9 Å². The van der Waals surface area contributed by atoms with Crippen LogP contribution in [0, 0.1) is 0 Å². The third-order valence-corrected chi connectivity index (χ3v) is 4.73. The molecule has 126 valence electrons. The van der Waals surface area contributed by atoms with E-state index < -0.39 is 17.4 Å². The van der Waals surface area contributed by atoms with Crippen molar-refractivity contribution in [1.29, 1.82) is 0 Å². The van der Waals surface area contributed by atoms with Gasteiger partial charge in [0.25, 0.3) is 5.91 Å². The molecule has 1 N–H and O–H groups in total. The highest BCUT2D eigenvalue weighted by atomic mass is 16.4. The summed E-state index contributed by atoms with van der Waals surface area (Å²) in [5, 5.41) is 13.9. The van der Waals surface area contributed by atoms with Crippen LogP contribution in [-0.4, -0.2) is 49.2 Å². The number of nitrogens with zero attached hydrogens (tertiary/aromatic N) is 4. The van der Waals surface area contributed by atoms with Crippen LogP contribution in [0.3, 0.4) is 0 Å². The van der Waals surface area contributed by atoms with Gasteiger partial charge in [0.05, 0.1) is 5.69 Å². The standard InChI is InChI=1S/C17H20N4O3/c1-20(17(16(23)24)10-6-3-7-11-17)15(22)14-18-12-21(19-14)13-8-4-2-5-9-13/h2,4-5,8-9,12H,3,6-7,10-11H2,1H3,(H,23,24). The van der Waals surface area contributed by atoms with Gasteiger partial charge >= 0.3 is 5.97 Å². The molecule has 1 aliphatic carbocycles. The normalized spacial score (nSPS) is 16.5. The Morgan fingerprint density at radius 1 is 1.17 bits per heavy atom. The molecule has 1 aromatic heterocycles. The van der Waals surface area contributed by atoms with E-state index in [9.17, 15) is 14.7 Å². The van der Waals surface area contributed by atoms with Crippen LogP contribution in [0.5, 0.6) is 0 Å². The first kappa shape index (κ1) is 16.2. The van der Waals surface area contributed by atoms with Crippen molar-refractivity contribution in [2.45, 2.75) is 37.6 Å². The second-order valence-electron chi connectivity index (χ2n) is 6.11. The van der Waals surface area contributed by atoms with E-state index in [1.54, 1.807) is 0 Å². The summed E-state index contributed by atoms with van der Waals surface area (Å²) in [5.74, 6) is -1.41. The molecule has 1 heterocycles. The molecule has 24 heavy (non-hydrogen) atoms. The Morgan fingerprint density at radius 3 is 2.46 bits per heavy atom. The zero-order valence-electron chi connectivity index (χ0n) is 13.6. The molecule has 3 rings (SSSR count). The molecule has 0 spiro atoms. The van der Waals surface area contributed by atoms with E-state index >= 15 is 0 Å². The molecule has 0 bridgehead atoms. The van der Waals surface area contributed by atoms with Gasteiger partial charge in [-0.3, -0.25) is 4.79 Å². The molecule has 0 saturated heterocycles. The third-order valence-electron chi connectivity index (χ3n) is 4.73. The number of hydrogen-bond donors (Lipinski definition) is 1. The average Bonchev–Trinajstić information content (AvgIpc) is 3.12. The minimum absolute atomic E-state index is 0.00699. The summed E-state index contributed by atoms with van der Waals surface area (Å²) in [6.07, 6.45) is 4.99. The molecular weight excluding hydrogens is 308 g/mol. The topological polar surface area (TPSA) is 88.3 Å². The van der Waals surface area contributed by atoms with Crippen LogP contribution in [0.4, 0.5) is 0 Å². The lowest BCUT2D eigenvalue weighted by Crippen LogP contribution is -2.56. The number of likely N-dealkylation sites (N-methyl/N-ethyl adjacent to an activating group) is 1. The van der Waals surface area contributed by atoms with Gasteiger partial charge in [-0.15, -0.1) is 5.10 Å². The van der Waals surface area contributed by atoms with Crippen LogP contribution in [0.15, 0.2) is 36.7 Å². The Labute approximate surface area is 139 Å². The molecule has 7 nitrogen and oxygen atoms in total. The van der Waals surface area contributed by atoms with Crippen LogP contribution in [-0.2, 0) is 4.79 Å². The van der Waals surface area contributed by atoms with Gasteiger partial charge in [-0.1, -0.05) is 37.5 Å². The summed E-state index contributed by atoms with van der Waals surface area (Å²) in [7, 11) is 1.53. The van der Waals surface area contributed by atoms with Gasteiger partial charge in [0.1, 0.15) is 11.9 Å². The number of benzene rings is 1. The summed E-state index contributed by atoms with van der Waals surface area (Å²) in [6.45, 7) is 0. The van der Waals surface area contributed by atoms with Gasteiger partial charge in [0, 0.05) is 7.05 Å². The third kappa shape index (κ3) is 2.77. The number of rotatable bonds is 4. The summed E-state index contributed by atoms with van der Waals surface area (Å²) in [6, 6.07) is 9.33. The molecule has 1 amide bonds. The van der Waals surface area contributed by atoms with E-state index in [2.05, 4.69) is 10.1 Å². The molecule has 0 radical (unpaired) electrons. The van der Waals surface area contributed by atoms with E-state index in [1.807, 2.05) is 30.3 Å². The lowest BCUT2D eigenvalue weighted by molar-refractivity contribution is -0.151. The Morgan fingerprint density at radius 2 is 1.83 bits per heavy atom. The first-order valence-corrected chi connectivity index (χ1v) is 8.03. The highest BCUT2D eigenvalue weighted by molar-refractivity contribution is 5.95. The summed E-state index contributed by atoms with van der Waals surface area (Å²) >= 11 is 0. The van der Waals surface area contributed by atoms with Crippen LogP contribution in [0.2, 0.25) is 0 Å². The number of carbonyl (C=O) groups is 2. The van der Waals surface area contributed by atoms with Crippen molar-refractivity contribution in [2.75, 3.05) is 7.05 Å². The number of hydrogen-bond acceptors (Lipinski definition) is 4. The first-order chi connectivity index (χ1) is 11.5. The molecule has 7 heteroatoms. The number of amides is 1. The number of para-hydroxylation sites is 1. The van der Waals surface area contributed by atoms with Crippen molar-refractivity contribution >= 4 is 11.9 Å². The fraction of sp³-hybridized carbons (Fsp3) is 0.412. The van der Waals surface area contributed by atoms with Crippen molar-refractivity contribution in [1.82, 2.24) is 19.7 Å². The highest BCUT2D eigenvalue weighted by Crippen LogP contribution is 2.33. The zero-order valence-corrected chi connectivity index (χ0v) is 13.6. The molecule has 0 aliphatic heterocycles. The summed E-state index contributed by atoms with van der Waals surface area (Å²) < 4.78 is 1.51. The van der Waals surface area contributed by atoms with Gasteiger partial charge in [0.2, 0.25) is 5.82 Å². The van der Waals surface area contributed by atoms with E-state index in [4.69, 9.17) is 0 Å². The number of carboxylic acids is 1. The molecule has 2 aromatic rings. The Kier molecular flexibility index (Phi) is 4.33. The smallest absolute Gasteiger partial charge is 0.329 e. The van der Waals surface area contributed by atoms with Crippen LogP contribution in [0.25, 0.3) is 5.69 Å². The molecule has 1 fully saturated rings. The minimum Gasteiger partial charge on any atom is -0.479 e. The second kappa shape index (κ2) is 6.43. The maximum absolute atomic E-state index is 12.7. The highest BCUT2D eigenvalue weighted by Gasteiger charge is 2.46. The number of carboxylic acid groups (broad SMARTS) is 1.